The Morgan fingerprint density at radius 1 is 0.972 bits per heavy atom. The fourth-order valence-electron chi connectivity index (χ4n) is 3.14. The van der Waals surface area contributed by atoms with E-state index in [4.69, 9.17) is 14.2 Å². The molecule has 0 saturated carbocycles. The minimum atomic E-state index is -0.655. The highest BCUT2D eigenvalue weighted by Crippen LogP contribution is 2.27. The Hall–Kier alpha value is -4.79. The Morgan fingerprint density at radius 2 is 1.75 bits per heavy atom. The van der Waals surface area contributed by atoms with Gasteiger partial charge in [0.15, 0.2) is 11.5 Å². The van der Waals surface area contributed by atoms with E-state index in [0.717, 1.165) is 0 Å². The molecule has 0 spiro atoms. The second-order valence-electron chi connectivity index (χ2n) is 7.35. The van der Waals surface area contributed by atoms with Crippen LogP contribution in [-0.2, 0) is 4.79 Å². The summed E-state index contributed by atoms with van der Waals surface area (Å²) in [6.45, 7) is 2.19. The number of hydrogen-bond acceptors (Lipinski definition) is 7. The lowest BCUT2D eigenvalue weighted by Crippen LogP contribution is -2.32. The topological polar surface area (TPSA) is 118 Å². The highest BCUT2D eigenvalue weighted by molar-refractivity contribution is 6.05. The zero-order valence-electron chi connectivity index (χ0n) is 20.1. The normalized spacial score (nSPS) is 11.1. The molecule has 2 amide bonds. The van der Waals surface area contributed by atoms with Crippen LogP contribution in [0.4, 0.5) is 0 Å². The molecule has 9 heteroatoms. The van der Waals surface area contributed by atoms with Gasteiger partial charge in [0.1, 0.15) is 17.2 Å². The zero-order chi connectivity index (χ0) is 25.9. The summed E-state index contributed by atoms with van der Waals surface area (Å²) in [5, 5.41) is 16.5. The number of benzene rings is 3. The molecule has 0 radical (unpaired) electrons. The monoisotopic (exact) mass is 489 g/mol. The first kappa shape index (κ1) is 25.8. The van der Waals surface area contributed by atoms with E-state index in [1.807, 2.05) is 0 Å². The summed E-state index contributed by atoms with van der Waals surface area (Å²) < 4.78 is 16.0. The van der Waals surface area contributed by atoms with Gasteiger partial charge in [-0.3, -0.25) is 9.59 Å². The lowest BCUT2D eigenvalue weighted by atomic mass is 10.1. The Morgan fingerprint density at radius 3 is 2.44 bits per heavy atom. The van der Waals surface area contributed by atoms with E-state index in [0.29, 0.717) is 40.5 Å². The van der Waals surface area contributed by atoms with Crippen LogP contribution in [0.25, 0.3) is 6.08 Å². The summed E-state index contributed by atoms with van der Waals surface area (Å²) >= 11 is 0. The number of ether oxygens (including phenoxy) is 3. The van der Waals surface area contributed by atoms with Gasteiger partial charge < -0.3 is 24.6 Å². The van der Waals surface area contributed by atoms with Crippen molar-refractivity contribution in [2.24, 2.45) is 5.10 Å². The Labute approximate surface area is 209 Å². The van der Waals surface area contributed by atoms with Crippen LogP contribution >= 0.6 is 0 Å². The molecule has 0 aromatic heterocycles. The minimum absolute atomic E-state index is 0.000295. The quantitative estimate of drug-likeness (QED) is 0.227. The predicted molar refractivity (Wildman–Crippen MR) is 136 cm³/mol. The van der Waals surface area contributed by atoms with Crippen molar-refractivity contribution in [2.75, 3.05) is 20.8 Å². The van der Waals surface area contributed by atoms with E-state index in [-0.39, 0.29) is 11.4 Å². The van der Waals surface area contributed by atoms with Crippen molar-refractivity contribution < 1.29 is 28.9 Å². The van der Waals surface area contributed by atoms with Crippen LogP contribution in [0.5, 0.6) is 23.0 Å². The average molecular weight is 490 g/mol. The van der Waals surface area contributed by atoms with Crippen LogP contribution in [0.3, 0.4) is 0 Å². The number of carbonyl (C=O) groups excluding carboxylic acids is 2. The van der Waals surface area contributed by atoms with Crippen molar-refractivity contribution in [2.45, 2.75) is 6.92 Å². The number of rotatable bonds is 10. The van der Waals surface area contributed by atoms with Crippen molar-refractivity contribution in [3.8, 4) is 23.0 Å². The minimum Gasteiger partial charge on any atom is -0.504 e. The zero-order valence-corrected chi connectivity index (χ0v) is 20.1. The van der Waals surface area contributed by atoms with Gasteiger partial charge in [-0.15, -0.1) is 0 Å². The van der Waals surface area contributed by atoms with Crippen LogP contribution in [0.2, 0.25) is 0 Å². The van der Waals surface area contributed by atoms with Crippen LogP contribution in [0.1, 0.15) is 28.4 Å². The first-order chi connectivity index (χ1) is 17.4. The summed E-state index contributed by atoms with van der Waals surface area (Å²) in [5.74, 6) is 0.207. The fraction of sp³-hybridized carbons (Fsp3) is 0.148. The van der Waals surface area contributed by atoms with E-state index < -0.39 is 11.8 Å². The maximum Gasteiger partial charge on any atom is 0.287 e. The molecule has 186 valence electrons. The predicted octanol–water partition coefficient (Wildman–Crippen LogP) is 3.73. The lowest BCUT2D eigenvalue weighted by Gasteiger charge is -2.12. The van der Waals surface area contributed by atoms with Gasteiger partial charge in [0, 0.05) is 17.2 Å². The maximum atomic E-state index is 13.0. The average Bonchev–Trinajstić information content (AvgIpc) is 2.90. The van der Waals surface area contributed by atoms with Gasteiger partial charge in [-0.05, 0) is 61.0 Å². The van der Waals surface area contributed by atoms with Gasteiger partial charge in [-0.2, -0.15) is 5.10 Å². The molecule has 9 nitrogen and oxygen atoms in total. The molecule has 3 aromatic carbocycles. The number of phenolic OH excluding ortho intramolecular Hbond substituents is 1. The van der Waals surface area contributed by atoms with Crippen molar-refractivity contribution >= 4 is 24.1 Å². The van der Waals surface area contributed by atoms with Gasteiger partial charge >= 0.3 is 0 Å². The molecule has 0 atom stereocenters. The Kier molecular flexibility index (Phi) is 9.05. The van der Waals surface area contributed by atoms with Crippen molar-refractivity contribution in [1.29, 1.82) is 0 Å². The molecule has 0 heterocycles. The molecule has 0 fully saturated rings. The number of aromatic hydroxyl groups is 1. The number of methoxy groups -OCH3 is 2. The molecule has 0 aliphatic heterocycles. The first-order valence-corrected chi connectivity index (χ1v) is 11.0. The van der Waals surface area contributed by atoms with Gasteiger partial charge in [-0.25, -0.2) is 5.43 Å². The third kappa shape index (κ3) is 6.86. The van der Waals surface area contributed by atoms with E-state index in [1.165, 1.54) is 32.6 Å². The van der Waals surface area contributed by atoms with Gasteiger partial charge in [0.05, 0.1) is 27.0 Å². The Balaban J connectivity index is 1.87. The van der Waals surface area contributed by atoms with Crippen molar-refractivity contribution in [1.82, 2.24) is 10.7 Å². The van der Waals surface area contributed by atoms with Crippen molar-refractivity contribution in [3.05, 3.63) is 89.1 Å². The van der Waals surface area contributed by atoms with Crippen LogP contribution < -0.4 is 25.0 Å². The molecular formula is C27H27N3O6. The summed E-state index contributed by atoms with van der Waals surface area (Å²) in [6, 6.07) is 18.3. The van der Waals surface area contributed by atoms with Gasteiger partial charge in [-0.1, -0.05) is 18.2 Å². The molecule has 36 heavy (non-hydrogen) atoms. The first-order valence-electron chi connectivity index (χ1n) is 11.0. The van der Waals surface area contributed by atoms with Gasteiger partial charge in [0.25, 0.3) is 11.8 Å². The van der Waals surface area contributed by atoms with E-state index in [1.54, 1.807) is 67.6 Å². The number of nitrogens with zero attached hydrogens (tertiary/aromatic N) is 1. The van der Waals surface area contributed by atoms with E-state index >= 15 is 0 Å². The molecule has 3 rings (SSSR count). The molecule has 0 saturated heterocycles. The molecule has 0 aliphatic rings. The molecule has 0 unspecified atom stereocenters. The Bertz CT molecular complexity index is 1270. The smallest absolute Gasteiger partial charge is 0.287 e. The lowest BCUT2D eigenvalue weighted by molar-refractivity contribution is -0.117. The van der Waals surface area contributed by atoms with Crippen LogP contribution in [0, 0.1) is 0 Å². The number of hydrogen-bond donors (Lipinski definition) is 3. The summed E-state index contributed by atoms with van der Waals surface area (Å²) in [5.41, 5.74) is 3.88. The third-order valence-corrected chi connectivity index (χ3v) is 4.93. The largest absolute Gasteiger partial charge is 0.504 e. The second-order valence-corrected chi connectivity index (χ2v) is 7.35. The number of hydrazone groups is 1. The highest BCUT2D eigenvalue weighted by atomic mass is 16.5. The summed E-state index contributed by atoms with van der Waals surface area (Å²) in [6.07, 6.45) is 2.88. The van der Waals surface area contributed by atoms with Crippen molar-refractivity contribution in [3.63, 3.8) is 0 Å². The summed E-state index contributed by atoms with van der Waals surface area (Å²) in [7, 11) is 3.03. The SMILES string of the molecule is CCOc1cc(C=NNC(=O)/C(=C/c2ccc(OC)cc2OC)NC(=O)c2ccccc2)ccc1O. The van der Waals surface area contributed by atoms with Crippen LogP contribution in [0.15, 0.2) is 77.5 Å². The number of amides is 2. The van der Waals surface area contributed by atoms with Gasteiger partial charge in [0.2, 0.25) is 0 Å². The summed E-state index contributed by atoms with van der Waals surface area (Å²) in [4.78, 5) is 25.8. The molecule has 3 N–H and O–H groups in total. The fourth-order valence-corrected chi connectivity index (χ4v) is 3.14. The molecule has 3 aromatic rings. The van der Waals surface area contributed by atoms with Crippen LogP contribution in [-0.4, -0.2) is 44.0 Å². The highest BCUT2D eigenvalue weighted by Gasteiger charge is 2.16. The van der Waals surface area contributed by atoms with E-state index in [9.17, 15) is 14.7 Å². The maximum absolute atomic E-state index is 13.0. The number of carbonyl (C=O) groups is 2. The number of nitrogens with one attached hydrogen (secondary N) is 2. The van der Waals surface area contributed by atoms with E-state index in [2.05, 4.69) is 15.8 Å². The standard InChI is InChI=1S/C27H27N3O6/c1-4-36-25-14-18(10-13-23(25)31)17-28-30-27(33)22(29-26(32)19-8-6-5-7-9-19)15-20-11-12-21(34-2)16-24(20)35-3/h5-17,31H,4H2,1-3H3,(H,29,32)(H,30,33)/b22-15-,28-17?. The molecule has 0 aliphatic carbocycles. The second kappa shape index (κ2) is 12.6. The molecular weight excluding hydrogens is 462 g/mol. The number of phenols is 1. The molecule has 0 bridgehead atoms. The third-order valence-electron chi connectivity index (χ3n) is 4.93.